The van der Waals surface area contributed by atoms with Crippen LogP contribution in [0.5, 0.6) is 0 Å². The van der Waals surface area contributed by atoms with Crippen LogP contribution in [0.4, 0.5) is 5.69 Å². The molecule has 0 atom stereocenters. The van der Waals surface area contributed by atoms with E-state index in [0.717, 1.165) is 31.5 Å². The van der Waals surface area contributed by atoms with Gasteiger partial charge in [-0.1, -0.05) is 32.4 Å². The third-order valence-electron chi connectivity index (χ3n) is 3.04. The molecule has 3 nitrogen and oxygen atoms in total. The molecule has 2 N–H and O–H groups in total. The summed E-state index contributed by atoms with van der Waals surface area (Å²) < 4.78 is 0. The van der Waals surface area contributed by atoms with Gasteiger partial charge in [0.2, 0.25) is 0 Å². The zero-order chi connectivity index (χ0) is 15.0. The van der Waals surface area contributed by atoms with Crippen LogP contribution in [-0.2, 0) is 0 Å². The van der Waals surface area contributed by atoms with Crippen LogP contribution in [0.2, 0.25) is 5.02 Å². The molecule has 112 valence electrons. The third-order valence-corrected chi connectivity index (χ3v) is 3.27. The minimum atomic E-state index is -0.0603. The van der Waals surface area contributed by atoms with Gasteiger partial charge in [0.1, 0.15) is 0 Å². The summed E-state index contributed by atoms with van der Waals surface area (Å²) in [5, 5.41) is 6.80. The summed E-state index contributed by atoms with van der Waals surface area (Å²) in [6.45, 7) is 8.01. The summed E-state index contributed by atoms with van der Waals surface area (Å²) in [6, 6.07) is 5.38. The molecule has 4 heteroatoms. The van der Waals surface area contributed by atoms with E-state index in [-0.39, 0.29) is 5.91 Å². The molecule has 1 aromatic rings. The summed E-state index contributed by atoms with van der Waals surface area (Å²) >= 11 is 5.99. The first kappa shape index (κ1) is 16.8. The zero-order valence-electron chi connectivity index (χ0n) is 12.6. The number of carbonyl (C=O) groups excluding carboxylic acids is 1. The van der Waals surface area contributed by atoms with E-state index in [1.54, 1.807) is 12.1 Å². The lowest BCUT2D eigenvalue weighted by Crippen LogP contribution is -2.25. The normalized spacial score (nSPS) is 10.7. The highest BCUT2D eigenvalue weighted by atomic mass is 35.5. The molecule has 20 heavy (non-hydrogen) atoms. The van der Waals surface area contributed by atoms with Crippen LogP contribution < -0.4 is 10.6 Å². The molecule has 0 aliphatic heterocycles. The second-order valence-electron chi connectivity index (χ2n) is 5.41. The third kappa shape index (κ3) is 5.83. The second kappa shape index (κ2) is 8.85. The van der Waals surface area contributed by atoms with Crippen LogP contribution in [-0.4, -0.2) is 19.0 Å². The predicted molar refractivity (Wildman–Crippen MR) is 86.6 cm³/mol. The fourth-order valence-electron chi connectivity index (χ4n) is 1.93. The van der Waals surface area contributed by atoms with Gasteiger partial charge in [-0.15, -0.1) is 0 Å². The van der Waals surface area contributed by atoms with Crippen molar-refractivity contribution in [2.75, 3.05) is 18.4 Å². The summed E-state index contributed by atoms with van der Waals surface area (Å²) in [7, 11) is 0. The Bertz CT molecular complexity index is 432. The number of carbonyl (C=O) groups is 1. The summed E-state index contributed by atoms with van der Waals surface area (Å²) in [5.41, 5.74) is 1.47. The molecule has 0 radical (unpaired) electrons. The van der Waals surface area contributed by atoms with Crippen LogP contribution in [0.25, 0.3) is 0 Å². The summed E-state index contributed by atoms with van der Waals surface area (Å²) in [5.74, 6) is 0.606. The predicted octanol–water partition coefficient (Wildman–Crippen LogP) is 4.33. The molecule has 1 amide bonds. The average Bonchev–Trinajstić information content (AvgIpc) is 2.41. The van der Waals surface area contributed by atoms with Crippen molar-refractivity contribution >= 4 is 23.2 Å². The minimum absolute atomic E-state index is 0.0603. The Morgan fingerprint density at radius 2 is 2.05 bits per heavy atom. The van der Waals surface area contributed by atoms with Crippen LogP contribution in [0.15, 0.2) is 18.2 Å². The van der Waals surface area contributed by atoms with Gasteiger partial charge in [0.25, 0.3) is 5.91 Å². The van der Waals surface area contributed by atoms with Crippen molar-refractivity contribution in [1.82, 2.24) is 5.32 Å². The van der Waals surface area contributed by atoms with Gasteiger partial charge in [0, 0.05) is 23.8 Å². The van der Waals surface area contributed by atoms with Crippen molar-refractivity contribution in [2.24, 2.45) is 5.92 Å². The van der Waals surface area contributed by atoms with E-state index in [0.29, 0.717) is 23.0 Å². The maximum absolute atomic E-state index is 12.2. The highest BCUT2D eigenvalue weighted by molar-refractivity contribution is 6.31. The number of benzene rings is 1. The standard InChI is InChI=1S/C16H25ClN2O/c1-4-9-18-15-8-7-13(17)11-14(15)16(20)19-10-5-6-12(2)3/h7-8,11-12,18H,4-6,9-10H2,1-3H3,(H,19,20). The largest absolute Gasteiger partial charge is 0.384 e. The van der Waals surface area contributed by atoms with Crippen molar-refractivity contribution < 1.29 is 4.79 Å². The lowest BCUT2D eigenvalue weighted by atomic mass is 10.1. The molecule has 1 rings (SSSR count). The minimum Gasteiger partial charge on any atom is -0.384 e. The molecule has 0 unspecified atom stereocenters. The maximum Gasteiger partial charge on any atom is 0.253 e. The molecule has 0 spiro atoms. The van der Waals surface area contributed by atoms with Crippen molar-refractivity contribution in [3.63, 3.8) is 0 Å². The van der Waals surface area contributed by atoms with E-state index in [4.69, 9.17) is 11.6 Å². The van der Waals surface area contributed by atoms with Gasteiger partial charge >= 0.3 is 0 Å². The average molecular weight is 297 g/mol. The fraction of sp³-hybridized carbons (Fsp3) is 0.562. The Balaban J connectivity index is 2.63. The van der Waals surface area contributed by atoms with Crippen molar-refractivity contribution in [3.05, 3.63) is 28.8 Å². The number of hydrogen-bond donors (Lipinski definition) is 2. The van der Waals surface area contributed by atoms with Crippen molar-refractivity contribution in [1.29, 1.82) is 0 Å². The number of rotatable bonds is 8. The first-order valence-electron chi connectivity index (χ1n) is 7.36. The molecule has 1 aromatic carbocycles. The Labute approximate surface area is 127 Å². The van der Waals surface area contributed by atoms with Gasteiger partial charge in [-0.2, -0.15) is 0 Å². The number of amides is 1. The highest BCUT2D eigenvalue weighted by Gasteiger charge is 2.11. The highest BCUT2D eigenvalue weighted by Crippen LogP contribution is 2.20. The van der Waals surface area contributed by atoms with E-state index in [1.165, 1.54) is 0 Å². The number of hydrogen-bond acceptors (Lipinski definition) is 2. The SMILES string of the molecule is CCCNc1ccc(Cl)cc1C(=O)NCCCC(C)C. The molecule has 0 aliphatic carbocycles. The number of anilines is 1. The van der Waals surface area contributed by atoms with E-state index in [1.807, 2.05) is 6.07 Å². The van der Waals surface area contributed by atoms with Gasteiger partial charge in [0.15, 0.2) is 0 Å². The van der Waals surface area contributed by atoms with E-state index < -0.39 is 0 Å². The van der Waals surface area contributed by atoms with Gasteiger partial charge in [-0.3, -0.25) is 4.79 Å². The van der Waals surface area contributed by atoms with Crippen molar-refractivity contribution in [2.45, 2.75) is 40.0 Å². The van der Waals surface area contributed by atoms with Gasteiger partial charge < -0.3 is 10.6 Å². The van der Waals surface area contributed by atoms with E-state index in [2.05, 4.69) is 31.4 Å². The zero-order valence-corrected chi connectivity index (χ0v) is 13.4. The molecule has 0 saturated carbocycles. The smallest absolute Gasteiger partial charge is 0.253 e. The molecule has 0 bridgehead atoms. The molecule has 0 saturated heterocycles. The van der Waals surface area contributed by atoms with Crippen LogP contribution in [0.1, 0.15) is 50.4 Å². The molecule has 0 heterocycles. The Hall–Kier alpha value is -1.22. The van der Waals surface area contributed by atoms with Crippen molar-refractivity contribution in [3.8, 4) is 0 Å². The first-order valence-corrected chi connectivity index (χ1v) is 7.74. The Morgan fingerprint density at radius 3 is 2.70 bits per heavy atom. The van der Waals surface area contributed by atoms with Gasteiger partial charge in [-0.25, -0.2) is 0 Å². The first-order chi connectivity index (χ1) is 9.54. The number of halogens is 1. The Morgan fingerprint density at radius 1 is 1.30 bits per heavy atom. The number of nitrogens with one attached hydrogen (secondary N) is 2. The molecular formula is C16H25ClN2O. The van der Waals surface area contributed by atoms with Gasteiger partial charge in [0.05, 0.1) is 5.56 Å². The van der Waals surface area contributed by atoms with Crippen LogP contribution >= 0.6 is 11.6 Å². The maximum atomic E-state index is 12.2. The monoisotopic (exact) mass is 296 g/mol. The van der Waals surface area contributed by atoms with Crippen LogP contribution in [0.3, 0.4) is 0 Å². The molecular weight excluding hydrogens is 272 g/mol. The van der Waals surface area contributed by atoms with Crippen LogP contribution in [0, 0.1) is 5.92 Å². The quantitative estimate of drug-likeness (QED) is 0.701. The lowest BCUT2D eigenvalue weighted by molar-refractivity contribution is 0.0953. The fourth-order valence-corrected chi connectivity index (χ4v) is 2.10. The van der Waals surface area contributed by atoms with Gasteiger partial charge in [-0.05, 0) is 43.4 Å². The Kier molecular flexibility index (Phi) is 7.45. The molecule has 0 aliphatic rings. The molecule has 0 aromatic heterocycles. The lowest BCUT2D eigenvalue weighted by Gasteiger charge is -2.12. The second-order valence-corrected chi connectivity index (χ2v) is 5.85. The molecule has 0 fully saturated rings. The van der Waals surface area contributed by atoms with E-state index >= 15 is 0 Å². The summed E-state index contributed by atoms with van der Waals surface area (Å²) in [6.07, 6.45) is 3.14. The van der Waals surface area contributed by atoms with E-state index in [9.17, 15) is 4.79 Å². The topological polar surface area (TPSA) is 41.1 Å². The summed E-state index contributed by atoms with van der Waals surface area (Å²) in [4.78, 5) is 12.2.